The van der Waals surface area contributed by atoms with Crippen LogP contribution in [0, 0.1) is 0 Å². The molecular weight excluding hydrogens is 421 g/mol. The maximum Gasteiger partial charge on any atom is 0.191 e. The van der Waals surface area contributed by atoms with Crippen LogP contribution in [0.4, 0.5) is 0 Å². The highest BCUT2D eigenvalue weighted by molar-refractivity contribution is 14.0. The lowest BCUT2D eigenvalue weighted by Gasteiger charge is -2.17. The lowest BCUT2D eigenvalue weighted by atomic mass is 10.2. The molecule has 1 aromatic carbocycles. The molecule has 0 aliphatic carbocycles. The Morgan fingerprint density at radius 1 is 1.29 bits per heavy atom. The monoisotopic (exact) mass is 449 g/mol. The van der Waals surface area contributed by atoms with E-state index in [2.05, 4.69) is 22.5 Å². The number of nitrogens with one attached hydrogen (secondary N) is 2. The molecule has 1 atom stereocenters. The van der Waals surface area contributed by atoms with Gasteiger partial charge in [-0.15, -0.1) is 24.0 Å². The van der Waals surface area contributed by atoms with E-state index in [1.54, 1.807) is 7.11 Å². The van der Waals surface area contributed by atoms with Gasteiger partial charge in [0, 0.05) is 26.1 Å². The Bertz CT molecular complexity index is 526. The first-order valence-electron chi connectivity index (χ1n) is 8.15. The van der Waals surface area contributed by atoms with Crippen molar-refractivity contribution in [1.82, 2.24) is 10.6 Å². The molecule has 2 rings (SSSR count). The van der Waals surface area contributed by atoms with Crippen molar-refractivity contribution < 1.29 is 14.2 Å². The zero-order valence-corrected chi connectivity index (χ0v) is 17.0. The van der Waals surface area contributed by atoms with Gasteiger partial charge in [0.25, 0.3) is 0 Å². The maximum atomic E-state index is 5.72. The molecule has 1 unspecified atom stereocenters. The largest absolute Gasteiger partial charge is 0.490 e. The molecule has 24 heavy (non-hydrogen) atoms. The molecule has 0 aromatic heterocycles. The number of guanidine groups is 1. The first-order valence-corrected chi connectivity index (χ1v) is 8.15. The Balaban J connectivity index is 0.00000288. The Morgan fingerprint density at radius 3 is 2.75 bits per heavy atom. The lowest BCUT2D eigenvalue weighted by molar-refractivity contribution is 0.179. The molecule has 1 aromatic rings. The highest BCUT2D eigenvalue weighted by Crippen LogP contribution is 2.30. The second kappa shape index (κ2) is 11.4. The number of aliphatic imine (C=N–C) groups is 1. The summed E-state index contributed by atoms with van der Waals surface area (Å²) < 4.78 is 16.5. The van der Waals surface area contributed by atoms with Gasteiger partial charge in [-0.1, -0.05) is 6.07 Å². The third-order valence-electron chi connectivity index (χ3n) is 3.38. The van der Waals surface area contributed by atoms with E-state index in [1.165, 1.54) is 0 Å². The molecule has 0 fully saturated rings. The third-order valence-corrected chi connectivity index (χ3v) is 3.38. The van der Waals surface area contributed by atoms with Crippen LogP contribution in [0.25, 0.3) is 0 Å². The number of methoxy groups -OCH3 is 1. The standard InChI is InChI=1S/C17H27N3O3.HI/c1-4-18-17(20-13(2)12-21-3)19-11-14-6-7-15-16(10-14)23-9-5-8-22-15;/h6-7,10,13H,4-5,8-9,11-12H2,1-3H3,(H2,18,19,20);1H. The Kier molecular flexibility index (Phi) is 9.85. The fourth-order valence-electron chi connectivity index (χ4n) is 2.32. The van der Waals surface area contributed by atoms with Gasteiger partial charge in [0.2, 0.25) is 0 Å². The van der Waals surface area contributed by atoms with Crippen molar-refractivity contribution in [2.24, 2.45) is 4.99 Å². The van der Waals surface area contributed by atoms with Crippen LogP contribution in [0.3, 0.4) is 0 Å². The Labute approximate surface area is 161 Å². The summed E-state index contributed by atoms with van der Waals surface area (Å²) in [6.45, 7) is 7.53. The average Bonchev–Trinajstić information content (AvgIpc) is 2.78. The molecule has 7 heteroatoms. The fourth-order valence-corrected chi connectivity index (χ4v) is 2.32. The van der Waals surface area contributed by atoms with Crippen LogP contribution in [-0.4, -0.2) is 45.5 Å². The van der Waals surface area contributed by atoms with Gasteiger partial charge in [-0.2, -0.15) is 0 Å². The number of nitrogens with zero attached hydrogens (tertiary/aromatic N) is 1. The summed E-state index contributed by atoms with van der Waals surface area (Å²) in [6.07, 6.45) is 0.911. The SMILES string of the molecule is CCNC(=NCc1ccc2c(c1)OCCCO2)NC(C)COC.I. The van der Waals surface area contributed by atoms with Gasteiger partial charge in [0.05, 0.1) is 26.4 Å². The Hall–Kier alpha value is -1.22. The number of rotatable bonds is 6. The summed E-state index contributed by atoms with van der Waals surface area (Å²) in [5, 5.41) is 6.56. The van der Waals surface area contributed by atoms with Crippen LogP contribution >= 0.6 is 24.0 Å². The van der Waals surface area contributed by atoms with Gasteiger partial charge in [-0.05, 0) is 31.5 Å². The predicted octanol–water partition coefficient (Wildman–Crippen LogP) is 2.56. The second-order valence-corrected chi connectivity index (χ2v) is 5.53. The van der Waals surface area contributed by atoms with Gasteiger partial charge in [-0.25, -0.2) is 4.99 Å². The number of hydrogen-bond acceptors (Lipinski definition) is 4. The molecule has 1 heterocycles. The minimum atomic E-state index is 0. The van der Waals surface area contributed by atoms with Gasteiger partial charge < -0.3 is 24.8 Å². The molecule has 136 valence electrons. The smallest absolute Gasteiger partial charge is 0.191 e. The van der Waals surface area contributed by atoms with Gasteiger partial charge in [0.15, 0.2) is 17.5 Å². The van der Waals surface area contributed by atoms with Crippen molar-refractivity contribution in [3.8, 4) is 11.5 Å². The molecule has 0 saturated heterocycles. The van der Waals surface area contributed by atoms with E-state index in [9.17, 15) is 0 Å². The van der Waals surface area contributed by atoms with E-state index in [-0.39, 0.29) is 30.0 Å². The van der Waals surface area contributed by atoms with E-state index in [1.807, 2.05) is 25.1 Å². The minimum Gasteiger partial charge on any atom is -0.490 e. The molecule has 0 radical (unpaired) electrons. The van der Waals surface area contributed by atoms with Crippen molar-refractivity contribution >= 4 is 29.9 Å². The maximum absolute atomic E-state index is 5.72. The first kappa shape index (κ1) is 20.8. The molecule has 6 nitrogen and oxygen atoms in total. The van der Waals surface area contributed by atoms with Crippen molar-refractivity contribution in [2.75, 3.05) is 33.5 Å². The molecule has 2 N–H and O–H groups in total. The second-order valence-electron chi connectivity index (χ2n) is 5.53. The predicted molar refractivity (Wildman–Crippen MR) is 107 cm³/mol. The summed E-state index contributed by atoms with van der Waals surface area (Å²) in [6, 6.07) is 6.19. The first-order chi connectivity index (χ1) is 11.2. The van der Waals surface area contributed by atoms with Crippen molar-refractivity contribution in [3.63, 3.8) is 0 Å². The lowest BCUT2D eigenvalue weighted by Crippen LogP contribution is -2.43. The van der Waals surface area contributed by atoms with Crippen LogP contribution < -0.4 is 20.1 Å². The number of hydrogen-bond donors (Lipinski definition) is 2. The summed E-state index contributed by atoms with van der Waals surface area (Å²) in [4.78, 5) is 4.62. The van der Waals surface area contributed by atoms with E-state index in [0.29, 0.717) is 26.4 Å². The average molecular weight is 449 g/mol. The van der Waals surface area contributed by atoms with Gasteiger partial charge in [-0.3, -0.25) is 0 Å². The van der Waals surface area contributed by atoms with E-state index < -0.39 is 0 Å². The zero-order chi connectivity index (χ0) is 16.5. The number of benzene rings is 1. The molecule has 0 spiro atoms. The molecule has 0 amide bonds. The summed E-state index contributed by atoms with van der Waals surface area (Å²) >= 11 is 0. The normalized spacial score (nSPS) is 15.0. The molecule has 1 aliphatic heterocycles. The third kappa shape index (κ3) is 6.72. The van der Waals surface area contributed by atoms with Crippen LogP contribution in [0.15, 0.2) is 23.2 Å². The zero-order valence-electron chi connectivity index (χ0n) is 14.6. The van der Waals surface area contributed by atoms with E-state index in [0.717, 1.165) is 36.0 Å². The molecule has 1 aliphatic rings. The van der Waals surface area contributed by atoms with Gasteiger partial charge >= 0.3 is 0 Å². The Morgan fingerprint density at radius 2 is 2.04 bits per heavy atom. The van der Waals surface area contributed by atoms with Crippen LogP contribution in [0.5, 0.6) is 11.5 Å². The van der Waals surface area contributed by atoms with Gasteiger partial charge in [0.1, 0.15) is 0 Å². The number of halogens is 1. The number of fused-ring (bicyclic) bond motifs is 1. The van der Waals surface area contributed by atoms with Crippen molar-refractivity contribution in [3.05, 3.63) is 23.8 Å². The topological polar surface area (TPSA) is 64.1 Å². The summed E-state index contributed by atoms with van der Waals surface area (Å²) in [5.74, 6) is 2.40. The molecular formula is C17H28IN3O3. The minimum absolute atomic E-state index is 0. The summed E-state index contributed by atoms with van der Waals surface area (Å²) in [5.41, 5.74) is 1.09. The van der Waals surface area contributed by atoms with Crippen LogP contribution in [-0.2, 0) is 11.3 Å². The number of ether oxygens (including phenoxy) is 3. The summed E-state index contributed by atoms with van der Waals surface area (Å²) in [7, 11) is 1.69. The highest BCUT2D eigenvalue weighted by Gasteiger charge is 2.11. The van der Waals surface area contributed by atoms with Crippen LogP contribution in [0.1, 0.15) is 25.8 Å². The van der Waals surface area contributed by atoms with Crippen molar-refractivity contribution in [2.45, 2.75) is 32.9 Å². The molecule has 0 bridgehead atoms. The molecule has 0 saturated carbocycles. The fraction of sp³-hybridized carbons (Fsp3) is 0.588. The quantitative estimate of drug-likeness (QED) is 0.397. The van der Waals surface area contributed by atoms with E-state index in [4.69, 9.17) is 14.2 Å². The van der Waals surface area contributed by atoms with Crippen molar-refractivity contribution in [1.29, 1.82) is 0 Å². The highest BCUT2D eigenvalue weighted by atomic mass is 127. The van der Waals surface area contributed by atoms with Crippen LogP contribution in [0.2, 0.25) is 0 Å². The van der Waals surface area contributed by atoms with E-state index >= 15 is 0 Å².